The first kappa shape index (κ1) is 10.5. The molecule has 15 heavy (non-hydrogen) atoms. The van der Waals surface area contributed by atoms with Crippen LogP contribution in [0.3, 0.4) is 0 Å². The van der Waals surface area contributed by atoms with Gasteiger partial charge in [0.25, 0.3) is 10.1 Å². The number of thiophene rings is 1. The van der Waals surface area contributed by atoms with E-state index < -0.39 is 10.1 Å². The summed E-state index contributed by atoms with van der Waals surface area (Å²) in [6, 6.07) is 5.57. The third-order valence-electron chi connectivity index (χ3n) is 1.79. The second kappa shape index (κ2) is 3.88. The molecule has 0 radical (unpaired) electrons. The van der Waals surface area contributed by atoms with E-state index in [1.807, 2.05) is 17.5 Å². The highest BCUT2D eigenvalue weighted by Crippen LogP contribution is 2.19. The van der Waals surface area contributed by atoms with Gasteiger partial charge in [-0.1, -0.05) is 0 Å². The van der Waals surface area contributed by atoms with E-state index in [1.54, 1.807) is 17.4 Å². The van der Waals surface area contributed by atoms with E-state index in [0.29, 0.717) is 5.69 Å². The van der Waals surface area contributed by atoms with E-state index in [-0.39, 0.29) is 6.61 Å². The van der Waals surface area contributed by atoms with Gasteiger partial charge in [0.1, 0.15) is 6.61 Å². The number of hydrogen-bond donors (Lipinski definition) is 0. The van der Waals surface area contributed by atoms with Crippen LogP contribution in [-0.2, 0) is 20.9 Å². The van der Waals surface area contributed by atoms with Gasteiger partial charge in [-0.2, -0.15) is 8.42 Å². The van der Waals surface area contributed by atoms with Crippen molar-refractivity contribution in [3.05, 3.63) is 29.3 Å². The molecule has 0 atom stereocenters. The first-order valence-electron chi connectivity index (χ1n) is 4.22. The van der Waals surface area contributed by atoms with Crippen molar-refractivity contribution in [3.63, 3.8) is 0 Å². The van der Waals surface area contributed by atoms with Gasteiger partial charge in [-0.05, 0) is 23.6 Å². The highest BCUT2D eigenvalue weighted by atomic mass is 32.2. The molecule has 0 aliphatic heterocycles. The van der Waals surface area contributed by atoms with E-state index in [4.69, 9.17) is 0 Å². The van der Waals surface area contributed by atoms with Gasteiger partial charge in [-0.15, -0.1) is 11.3 Å². The fourth-order valence-electron chi connectivity index (χ4n) is 1.14. The van der Waals surface area contributed by atoms with Crippen molar-refractivity contribution < 1.29 is 12.6 Å². The fourth-order valence-corrected chi connectivity index (χ4v) is 2.20. The van der Waals surface area contributed by atoms with Gasteiger partial charge in [0.15, 0.2) is 0 Å². The zero-order chi connectivity index (χ0) is 10.9. The quantitative estimate of drug-likeness (QED) is 0.771. The summed E-state index contributed by atoms with van der Waals surface area (Å²) in [6.45, 7) is -0.00931. The van der Waals surface area contributed by atoms with Crippen LogP contribution in [-0.4, -0.2) is 19.7 Å². The lowest BCUT2D eigenvalue weighted by Gasteiger charge is -2.00. The molecule has 2 aromatic rings. The molecule has 2 aromatic heterocycles. The average Bonchev–Trinajstić information content (AvgIpc) is 2.60. The zero-order valence-corrected chi connectivity index (χ0v) is 9.64. The molecule has 2 heterocycles. The Hall–Kier alpha value is -0.980. The number of nitrogens with zero attached hydrogens (tertiary/aromatic N) is 1. The molecule has 4 nitrogen and oxygen atoms in total. The molecule has 0 aliphatic rings. The minimum absolute atomic E-state index is 0.00931. The molecule has 0 N–H and O–H groups in total. The zero-order valence-electron chi connectivity index (χ0n) is 8.00. The van der Waals surface area contributed by atoms with Gasteiger partial charge >= 0.3 is 0 Å². The lowest BCUT2D eigenvalue weighted by Crippen LogP contribution is -2.03. The van der Waals surface area contributed by atoms with Crippen molar-refractivity contribution in [2.24, 2.45) is 0 Å². The molecule has 0 spiro atoms. The van der Waals surface area contributed by atoms with Crippen LogP contribution in [0.2, 0.25) is 0 Å². The summed E-state index contributed by atoms with van der Waals surface area (Å²) < 4.78 is 27.3. The number of aromatic nitrogens is 1. The summed E-state index contributed by atoms with van der Waals surface area (Å²) in [5.41, 5.74) is 1.49. The minimum Gasteiger partial charge on any atom is -0.264 e. The number of fused-ring (bicyclic) bond motifs is 1. The summed E-state index contributed by atoms with van der Waals surface area (Å²) in [4.78, 5) is 4.26. The maximum absolute atomic E-state index is 10.8. The van der Waals surface area contributed by atoms with E-state index in [2.05, 4.69) is 9.17 Å². The molecule has 0 bridgehead atoms. The SMILES string of the molecule is CS(=O)(=O)OCc1ccc2sccc2n1. The van der Waals surface area contributed by atoms with Gasteiger partial charge in [-0.25, -0.2) is 4.98 Å². The summed E-state index contributed by atoms with van der Waals surface area (Å²) in [6.07, 6.45) is 1.02. The van der Waals surface area contributed by atoms with Gasteiger partial charge in [0.05, 0.1) is 22.2 Å². The molecular weight excluding hydrogens is 234 g/mol. The fraction of sp³-hybridized carbons (Fsp3) is 0.222. The van der Waals surface area contributed by atoms with Gasteiger partial charge < -0.3 is 0 Å². The lowest BCUT2D eigenvalue weighted by molar-refractivity contribution is 0.307. The third kappa shape index (κ3) is 2.74. The highest BCUT2D eigenvalue weighted by molar-refractivity contribution is 7.85. The van der Waals surface area contributed by atoms with Crippen LogP contribution >= 0.6 is 11.3 Å². The van der Waals surface area contributed by atoms with Crippen LogP contribution in [0, 0.1) is 0 Å². The molecule has 0 fully saturated rings. The molecule has 0 unspecified atom stereocenters. The first-order valence-corrected chi connectivity index (χ1v) is 6.92. The predicted octanol–water partition coefficient (Wildman–Crippen LogP) is 1.77. The standard InChI is InChI=1S/C9H9NO3S2/c1-15(11,12)13-6-7-2-3-9-8(10-7)4-5-14-9/h2-5H,6H2,1H3. The normalized spacial score (nSPS) is 12.1. The van der Waals surface area contributed by atoms with Crippen LogP contribution in [0.25, 0.3) is 10.2 Å². The first-order chi connectivity index (χ1) is 7.04. The van der Waals surface area contributed by atoms with E-state index in [0.717, 1.165) is 16.5 Å². The van der Waals surface area contributed by atoms with Crippen molar-refractivity contribution in [1.29, 1.82) is 0 Å². The molecule has 0 saturated heterocycles. The van der Waals surface area contributed by atoms with E-state index in [9.17, 15) is 8.42 Å². The monoisotopic (exact) mass is 243 g/mol. The maximum atomic E-state index is 10.8. The Morgan fingerprint density at radius 2 is 2.20 bits per heavy atom. The highest BCUT2D eigenvalue weighted by Gasteiger charge is 2.04. The molecule has 80 valence electrons. The lowest BCUT2D eigenvalue weighted by atomic mass is 10.3. The predicted molar refractivity (Wildman–Crippen MR) is 59.3 cm³/mol. The van der Waals surface area contributed by atoms with Crippen molar-refractivity contribution >= 4 is 31.7 Å². The summed E-state index contributed by atoms with van der Waals surface area (Å²) >= 11 is 1.60. The van der Waals surface area contributed by atoms with Crippen LogP contribution < -0.4 is 0 Å². The van der Waals surface area contributed by atoms with Crippen molar-refractivity contribution in [2.45, 2.75) is 6.61 Å². The molecular formula is C9H9NO3S2. The largest absolute Gasteiger partial charge is 0.264 e. The Bertz CT molecular complexity index is 574. The van der Waals surface area contributed by atoms with Gasteiger partial charge in [-0.3, -0.25) is 4.18 Å². The van der Waals surface area contributed by atoms with Crippen LogP contribution in [0.5, 0.6) is 0 Å². The Labute approximate surface area is 91.7 Å². The maximum Gasteiger partial charge on any atom is 0.264 e. The number of hydrogen-bond acceptors (Lipinski definition) is 5. The summed E-state index contributed by atoms with van der Waals surface area (Å²) in [5.74, 6) is 0. The Balaban J connectivity index is 2.21. The van der Waals surface area contributed by atoms with Gasteiger partial charge in [0, 0.05) is 0 Å². The van der Waals surface area contributed by atoms with Crippen molar-refractivity contribution in [2.75, 3.05) is 6.26 Å². The molecule has 0 amide bonds. The van der Waals surface area contributed by atoms with Crippen molar-refractivity contribution in [3.8, 4) is 0 Å². The summed E-state index contributed by atoms with van der Waals surface area (Å²) in [5, 5.41) is 1.94. The van der Waals surface area contributed by atoms with E-state index >= 15 is 0 Å². The van der Waals surface area contributed by atoms with Crippen LogP contribution in [0.4, 0.5) is 0 Å². The van der Waals surface area contributed by atoms with E-state index in [1.165, 1.54) is 0 Å². The molecule has 6 heteroatoms. The Kier molecular flexibility index (Phi) is 2.72. The topological polar surface area (TPSA) is 56.3 Å². The Morgan fingerprint density at radius 3 is 2.93 bits per heavy atom. The Morgan fingerprint density at radius 1 is 1.40 bits per heavy atom. The molecule has 0 saturated carbocycles. The second-order valence-electron chi connectivity index (χ2n) is 3.07. The number of pyridine rings is 1. The third-order valence-corrected chi connectivity index (χ3v) is 3.20. The smallest absolute Gasteiger partial charge is 0.264 e. The van der Waals surface area contributed by atoms with Crippen LogP contribution in [0.1, 0.15) is 5.69 Å². The average molecular weight is 243 g/mol. The molecule has 0 aliphatic carbocycles. The summed E-state index contributed by atoms with van der Waals surface area (Å²) in [7, 11) is -3.40. The van der Waals surface area contributed by atoms with Gasteiger partial charge in [0.2, 0.25) is 0 Å². The van der Waals surface area contributed by atoms with Crippen LogP contribution in [0.15, 0.2) is 23.6 Å². The van der Waals surface area contributed by atoms with Crippen molar-refractivity contribution in [1.82, 2.24) is 4.98 Å². The minimum atomic E-state index is -3.40. The number of rotatable bonds is 3. The molecule has 2 rings (SSSR count). The molecule has 0 aromatic carbocycles. The second-order valence-corrected chi connectivity index (χ2v) is 5.66.